The third-order valence-corrected chi connectivity index (χ3v) is 3.90. The molecule has 3 heteroatoms. The molecule has 0 aliphatic heterocycles. The van der Waals surface area contributed by atoms with Gasteiger partial charge in [-0.15, -0.1) is 0 Å². The molecule has 0 aliphatic rings. The van der Waals surface area contributed by atoms with E-state index in [0.29, 0.717) is 11.1 Å². The molecule has 120 valence electrons. The van der Waals surface area contributed by atoms with Gasteiger partial charge in [-0.1, -0.05) is 30.3 Å². The molecule has 1 N–H and O–H groups in total. The molecule has 0 radical (unpaired) electrons. The number of benzene rings is 2. The summed E-state index contributed by atoms with van der Waals surface area (Å²) in [5, 5.41) is 2.95. The van der Waals surface area contributed by atoms with E-state index in [4.69, 9.17) is 0 Å². The maximum Gasteiger partial charge on any atom is 0.252 e. The number of amides is 1. The molecule has 0 bridgehead atoms. The highest BCUT2D eigenvalue weighted by Crippen LogP contribution is 2.27. The first-order chi connectivity index (χ1) is 10.8. The van der Waals surface area contributed by atoms with Gasteiger partial charge >= 0.3 is 0 Å². The van der Waals surface area contributed by atoms with E-state index >= 15 is 0 Å². The fourth-order valence-electron chi connectivity index (χ4n) is 2.47. The van der Waals surface area contributed by atoms with Crippen LogP contribution in [0.5, 0.6) is 0 Å². The first-order valence-corrected chi connectivity index (χ1v) is 7.83. The van der Waals surface area contributed by atoms with Crippen molar-refractivity contribution < 1.29 is 9.59 Å². The third kappa shape index (κ3) is 3.86. The van der Waals surface area contributed by atoms with Gasteiger partial charge in [0.25, 0.3) is 5.91 Å². The van der Waals surface area contributed by atoms with Gasteiger partial charge < -0.3 is 5.32 Å². The van der Waals surface area contributed by atoms with Gasteiger partial charge in [-0.25, -0.2) is 0 Å². The lowest BCUT2D eigenvalue weighted by Crippen LogP contribution is -2.30. The topological polar surface area (TPSA) is 46.2 Å². The Morgan fingerprint density at radius 3 is 2.04 bits per heavy atom. The summed E-state index contributed by atoms with van der Waals surface area (Å²) >= 11 is 0. The van der Waals surface area contributed by atoms with E-state index < -0.39 is 0 Å². The second kappa shape index (κ2) is 6.78. The first kappa shape index (κ1) is 16.9. The monoisotopic (exact) mass is 309 g/mol. The molecular formula is C20H23NO2. The molecular weight excluding hydrogens is 286 g/mol. The number of ketones is 1. The van der Waals surface area contributed by atoms with Gasteiger partial charge in [0.2, 0.25) is 0 Å². The lowest BCUT2D eigenvalue weighted by Gasteiger charge is -2.15. The van der Waals surface area contributed by atoms with E-state index in [1.807, 2.05) is 52.0 Å². The Morgan fingerprint density at radius 1 is 0.957 bits per heavy atom. The SMILES string of the molecule is CC(=O)c1ccc(-c2cc(C)c(C)cc2C(=O)NC(C)C)cc1. The third-order valence-electron chi connectivity index (χ3n) is 3.90. The Morgan fingerprint density at radius 2 is 1.52 bits per heavy atom. The molecule has 3 nitrogen and oxygen atoms in total. The van der Waals surface area contributed by atoms with Crippen molar-refractivity contribution in [1.82, 2.24) is 5.32 Å². The average Bonchev–Trinajstić information content (AvgIpc) is 2.49. The molecule has 1 amide bonds. The predicted octanol–water partition coefficient (Wildman–Crippen LogP) is 4.31. The molecule has 0 heterocycles. The van der Waals surface area contributed by atoms with E-state index in [0.717, 1.165) is 22.3 Å². The van der Waals surface area contributed by atoms with Gasteiger partial charge in [0.1, 0.15) is 0 Å². The molecule has 0 saturated carbocycles. The van der Waals surface area contributed by atoms with Crippen LogP contribution in [0, 0.1) is 13.8 Å². The summed E-state index contributed by atoms with van der Waals surface area (Å²) in [6.45, 7) is 9.48. The largest absolute Gasteiger partial charge is 0.350 e. The van der Waals surface area contributed by atoms with Crippen molar-refractivity contribution in [3.05, 3.63) is 58.7 Å². The Hall–Kier alpha value is -2.42. The average molecular weight is 309 g/mol. The minimum atomic E-state index is -0.0752. The lowest BCUT2D eigenvalue weighted by atomic mass is 9.93. The Bertz CT molecular complexity index is 743. The molecule has 0 fully saturated rings. The zero-order valence-electron chi connectivity index (χ0n) is 14.4. The van der Waals surface area contributed by atoms with Crippen LogP contribution in [0.1, 0.15) is 52.6 Å². The minimum Gasteiger partial charge on any atom is -0.350 e. The molecule has 0 aromatic heterocycles. The van der Waals surface area contributed by atoms with Crippen molar-refractivity contribution >= 4 is 11.7 Å². The number of rotatable bonds is 4. The van der Waals surface area contributed by atoms with Gasteiger partial charge in [0.15, 0.2) is 5.78 Å². The van der Waals surface area contributed by atoms with Crippen LogP contribution in [0.2, 0.25) is 0 Å². The number of aryl methyl sites for hydroxylation is 2. The van der Waals surface area contributed by atoms with Crippen LogP contribution in [0.25, 0.3) is 11.1 Å². The van der Waals surface area contributed by atoms with Crippen LogP contribution in [0.3, 0.4) is 0 Å². The highest BCUT2D eigenvalue weighted by Gasteiger charge is 2.15. The Balaban J connectivity index is 2.53. The van der Waals surface area contributed by atoms with Gasteiger partial charge in [-0.2, -0.15) is 0 Å². The summed E-state index contributed by atoms with van der Waals surface area (Å²) in [7, 11) is 0. The van der Waals surface area contributed by atoms with Crippen molar-refractivity contribution in [3.8, 4) is 11.1 Å². The molecule has 0 aliphatic carbocycles. The number of carbonyl (C=O) groups is 2. The fraction of sp³-hybridized carbons (Fsp3) is 0.300. The van der Waals surface area contributed by atoms with Crippen molar-refractivity contribution in [2.24, 2.45) is 0 Å². The number of nitrogens with one attached hydrogen (secondary N) is 1. The zero-order valence-corrected chi connectivity index (χ0v) is 14.4. The second-order valence-corrected chi connectivity index (χ2v) is 6.24. The number of hydrogen-bond acceptors (Lipinski definition) is 2. The van der Waals surface area contributed by atoms with Crippen molar-refractivity contribution in [2.45, 2.75) is 40.7 Å². The molecule has 0 atom stereocenters. The number of Topliss-reactive ketones (excluding diaryl/α,β-unsaturated/α-hetero) is 1. The quantitative estimate of drug-likeness (QED) is 0.855. The summed E-state index contributed by atoms with van der Waals surface area (Å²) in [5.74, 6) is -0.0387. The summed E-state index contributed by atoms with van der Waals surface area (Å²) in [6, 6.07) is 11.4. The van der Waals surface area contributed by atoms with Crippen molar-refractivity contribution in [2.75, 3.05) is 0 Å². The maximum atomic E-state index is 12.5. The number of carbonyl (C=O) groups excluding carboxylic acids is 2. The zero-order chi connectivity index (χ0) is 17.1. The fourth-order valence-corrected chi connectivity index (χ4v) is 2.47. The van der Waals surface area contributed by atoms with Crippen molar-refractivity contribution in [1.29, 1.82) is 0 Å². The molecule has 2 aromatic rings. The van der Waals surface area contributed by atoms with Crippen LogP contribution in [0.15, 0.2) is 36.4 Å². The first-order valence-electron chi connectivity index (χ1n) is 7.83. The molecule has 0 unspecified atom stereocenters. The number of hydrogen-bond donors (Lipinski definition) is 1. The van der Waals surface area contributed by atoms with E-state index in [1.54, 1.807) is 19.1 Å². The maximum absolute atomic E-state index is 12.5. The molecule has 2 rings (SSSR count). The summed E-state index contributed by atoms with van der Waals surface area (Å²) in [6.07, 6.45) is 0. The second-order valence-electron chi connectivity index (χ2n) is 6.24. The molecule has 0 saturated heterocycles. The van der Waals surface area contributed by atoms with Crippen LogP contribution >= 0.6 is 0 Å². The Labute approximate surface area is 137 Å². The normalized spacial score (nSPS) is 10.7. The molecule has 2 aromatic carbocycles. The highest BCUT2D eigenvalue weighted by molar-refractivity contribution is 6.02. The van der Waals surface area contributed by atoms with Gasteiger partial charge in [0, 0.05) is 17.2 Å². The Kier molecular flexibility index (Phi) is 4.99. The summed E-state index contributed by atoms with van der Waals surface area (Å²) in [5.41, 5.74) is 5.39. The van der Waals surface area contributed by atoms with Crippen LogP contribution in [0.4, 0.5) is 0 Å². The van der Waals surface area contributed by atoms with Gasteiger partial charge in [-0.3, -0.25) is 9.59 Å². The van der Waals surface area contributed by atoms with E-state index in [1.165, 1.54) is 0 Å². The van der Waals surface area contributed by atoms with Crippen LogP contribution < -0.4 is 5.32 Å². The highest BCUT2D eigenvalue weighted by atomic mass is 16.1. The summed E-state index contributed by atoms with van der Waals surface area (Å²) < 4.78 is 0. The smallest absolute Gasteiger partial charge is 0.252 e. The standard InChI is InChI=1S/C20H23NO2/c1-12(2)21-20(23)19-11-14(4)13(3)10-18(19)17-8-6-16(7-9-17)15(5)22/h6-12H,1-5H3,(H,21,23). The predicted molar refractivity (Wildman–Crippen MR) is 94.0 cm³/mol. The van der Waals surface area contributed by atoms with Crippen LogP contribution in [-0.2, 0) is 0 Å². The van der Waals surface area contributed by atoms with E-state index in [2.05, 4.69) is 5.32 Å². The summed E-state index contributed by atoms with van der Waals surface area (Å²) in [4.78, 5) is 23.9. The molecule has 0 spiro atoms. The minimum absolute atomic E-state index is 0.0365. The van der Waals surface area contributed by atoms with Gasteiger partial charge in [0.05, 0.1) is 0 Å². The van der Waals surface area contributed by atoms with Crippen molar-refractivity contribution in [3.63, 3.8) is 0 Å². The molecule has 23 heavy (non-hydrogen) atoms. The van der Waals surface area contributed by atoms with Gasteiger partial charge in [-0.05, 0) is 62.9 Å². The van der Waals surface area contributed by atoms with E-state index in [9.17, 15) is 9.59 Å². The van der Waals surface area contributed by atoms with Crippen LogP contribution in [-0.4, -0.2) is 17.7 Å². The van der Waals surface area contributed by atoms with E-state index in [-0.39, 0.29) is 17.7 Å². The lowest BCUT2D eigenvalue weighted by molar-refractivity contribution is 0.0942.